The maximum atomic E-state index is 11.9. The van der Waals surface area contributed by atoms with Crippen LogP contribution in [0.4, 0.5) is 0 Å². The molecule has 0 radical (unpaired) electrons. The first-order valence-corrected chi connectivity index (χ1v) is 7.24. The van der Waals surface area contributed by atoms with Gasteiger partial charge in [0.1, 0.15) is 5.82 Å². The molecule has 6 nitrogen and oxygen atoms in total. The molecule has 6 heteroatoms. The van der Waals surface area contributed by atoms with Crippen molar-refractivity contribution >= 4 is 16.9 Å². The normalized spacial score (nSPS) is 18.8. The first-order chi connectivity index (χ1) is 10.2. The smallest absolute Gasteiger partial charge is 0.222 e. The van der Waals surface area contributed by atoms with Crippen LogP contribution in [0.15, 0.2) is 18.2 Å². The number of amides is 1. The van der Waals surface area contributed by atoms with Crippen molar-refractivity contribution in [2.45, 2.75) is 25.9 Å². The number of imidazole rings is 1. The number of nitrogens with one attached hydrogen (secondary N) is 3. The predicted molar refractivity (Wildman–Crippen MR) is 79.9 cm³/mol. The Labute approximate surface area is 123 Å². The van der Waals surface area contributed by atoms with E-state index in [2.05, 4.69) is 26.7 Å². The number of H-pyrrole nitrogens is 1. The minimum absolute atomic E-state index is 0.00892. The van der Waals surface area contributed by atoms with Crippen LogP contribution >= 0.6 is 0 Å². The molecule has 21 heavy (non-hydrogen) atoms. The number of nitrogens with zero attached hydrogens (tertiary/aromatic N) is 1. The van der Waals surface area contributed by atoms with Crippen LogP contribution in [0.25, 0.3) is 11.0 Å². The molecule has 1 unspecified atom stereocenters. The molecule has 1 aliphatic rings. The summed E-state index contributed by atoms with van der Waals surface area (Å²) in [5.74, 6) is 0.784. The quantitative estimate of drug-likeness (QED) is 0.780. The fraction of sp³-hybridized carbons (Fsp3) is 0.467. The largest absolute Gasteiger partial charge is 0.378 e. The van der Waals surface area contributed by atoms with Crippen LogP contribution in [0.5, 0.6) is 0 Å². The van der Waals surface area contributed by atoms with Crippen molar-refractivity contribution in [1.82, 2.24) is 20.6 Å². The van der Waals surface area contributed by atoms with E-state index in [9.17, 15) is 4.79 Å². The number of fused-ring (bicyclic) bond motifs is 1. The fourth-order valence-corrected chi connectivity index (χ4v) is 2.49. The minimum Gasteiger partial charge on any atom is -0.378 e. The molecule has 2 aromatic rings. The van der Waals surface area contributed by atoms with E-state index in [4.69, 9.17) is 4.74 Å². The van der Waals surface area contributed by atoms with Gasteiger partial charge in [0.25, 0.3) is 0 Å². The van der Waals surface area contributed by atoms with E-state index in [1.165, 1.54) is 5.56 Å². The van der Waals surface area contributed by atoms with Crippen LogP contribution in [0.1, 0.15) is 17.8 Å². The average molecular weight is 288 g/mol. The summed E-state index contributed by atoms with van der Waals surface area (Å²) in [5, 5.41) is 6.16. The number of aryl methyl sites for hydroxylation is 1. The van der Waals surface area contributed by atoms with E-state index in [1.807, 2.05) is 19.1 Å². The molecule has 1 fully saturated rings. The Bertz CT molecular complexity index is 632. The van der Waals surface area contributed by atoms with Crippen LogP contribution < -0.4 is 10.6 Å². The highest BCUT2D eigenvalue weighted by Crippen LogP contribution is 2.13. The molecule has 1 atom stereocenters. The summed E-state index contributed by atoms with van der Waals surface area (Å²) in [6.07, 6.45) is 0.430. The molecule has 1 aromatic heterocycles. The summed E-state index contributed by atoms with van der Waals surface area (Å²) in [6.45, 7) is 4.58. The van der Waals surface area contributed by atoms with E-state index in [-0.39, 0.29) is 11.9 Å². The molecule has 1 aromatic carbocycles. The average Bonchev–Trinajstić information content (AvgIpc) is 2.88. The molecule has 112 valence electrons. The van der Waals surface area contributed by atoms with Crippen LogP contribution in [-0.4, -0.2) is 41.7 Å². The number of carbonyl (C=O) groups is 1. The van der Waals surface area contributed by atoms with Gasteiger partial charge in [-0.2, -0.15) is 0 Å². The van der Waals surface area contributed by atoms with E-state index in [0.717, 1.165) is 30.0 Å². The van der Waals surface area contributed by atoms with Gasteiger partial charge in [-0.3, -0.25) is 4.79 Å². The standard InChI is InChI=1S/C15H20N4O2/c1-10-2-3-12-13(6-10)19-14(18-12)8-17-15(20)7-11-9-21-5-4-16-11/h2-3,6,11,16H,4-5,7-9H2,1H3,(H,17,20)(H,18,19). The molecule has 0 aliphatic carbocycles. The number of ether oxygens (including phenoxy) is 1. The van der Waals surface area contributed by atoms with Crippen LogP contribution in [-0.2, 0) is 16.1 Å². The molecule has 3 rings (SSSR count). The van der Waals surface area contributed by atoms with E-state index in [1.54, 1.807) is 0 Å². The molecule has 1 saturated heterocycles. The third kappa shape index (κ3) is 3.59. The van der Waals surface area contributed by atoms with Gasteiger partial charge in [0.2, 0.25) is 5.91 Å². The van der Waals surface area contributed by atoms with Gasteiger partial charge < -0.3 is 20.4 Å². The number of rotatable bonds is 4. The van der Waals surface area contributed by atoms with Crippen molar-refractivity contribution in [3.05, 3.63) is 29.6 Å². The number of aromatic amines is 1. The van der Waals surface area contributed by atoms with Crippen molar-refractivity contribution in [2.75, 3.05) is 19.8 Å². The second kappa shape index (κ2) is 6.24. The van der Waals surface area contributed by atoms with Crippen molar-refractivity contribution in [2.24, 2.45) is 0 Å². The number of benzene rings is 1. The van der Waals surface area contributed by atoms with E-state index < -0.39 is 0 Å². The van der Waals surface area contributed by atoms with E-state index >= 15 is 0 Å². The Kier molecular flexibility index (Phi) is 4.17. The van der Waals surface area contributed by atoms with Crippen LogP contribution in [0, 0.1) is 6.92 Å². The summed E-state index contributed by atoms with van der Waals surface area (Å²) in [7, 11) is 0. The molecule has 0 saturated carbocycles. The zero-order valence-corrected chi connectivity index (χ0v) is 12.1. The van der Waals surface area contributed by atoms with Crippen molar-refractivity contribution in [1.29, 1.82) is 0 Å². The van der Waals surface area contributed by atoms with Gasteiger partial charge in [-0.25, -0.2) is 4.98 Å². The lowest BCUT2D eigenvalue weighted by molar-refractivity contribution is -0.122. The SMILES string of the molecule is Cc1ccc2nc(CNC(=O)CC3COCCN3)[nH]c2c1. The van der Waals surface area contributed by atoms with Crippen molar-refractivity contribution < 1.29 is 9.53 Å². The first-order valence-electron chi connectivity index (χ1n) is 7.24. The monoisotopic (exact) mass is 288 g/mol. The molecule has 1 amide bonds. The van der Waals surface area contributed by atoms with Crippen molar-refractivity contribution in [3.63, 3.8) is 0 Å². The second-order valence-electron chi connectivity index (χ2n) is 5.41. The predicted octanol–water partition coefficient (Wildman–Crippen LogP) is 0.866. The zero-order chi connectivity index (χ0) is 14.7. The first kappa shape index (κ1) is 14.0. The topological polar surface area (TPSA) is 79.0 Å². The highest BCUT2D eigenvalue weighted by atomic mass is 16.5. The Hall–Kier alpha value is -1.92. The third-order valence-electron chi connectivity index (χ3n) is 3.57. The Morgan fingerprint density at radius 2 is 2.43 bits per heavy atom. The second-order valence-corrected chi connectivity index (χ2v) is 5.41. The van der Waals surface area contributed by atoms with Crippen LogP contribution in [0.2, 0.25) is 0 Å². The lowest BCUT2D eigenvalue weighted by Gasteiger charge is -2.23. The Balaban J connectivity index is 1.54. The van der Waals surface area contributed by atoms with E-state index in [0.29, 0.717) is 19.6 Å². The lowest BCUT2D eigenvalue weighted by atomic mass is 10.2. The minimum atomic E-state index is 0.00892. The molecule has 2 heterocycles. The fourth-order valence-electron chi connectivity index (χ4n) is 2.49. The van der Waals surface area contributed by atoms with Crippen molar-refractivity contribution in [3.8, 4) is 0 Å². The highest BCUT2D eigenvalue weighted by molar-refractivity contribution is 5.77. The van der Waals surface area contributed by atoms with Gasteiger partial charge in [0.15, 0.2) is 0 Å². The molecular weight excluding hydrogens is 268 g/mol. The number of aromatic nitrogens is 2. The highest BCUT2D eigenvalue weighted by Gasteiger charge is 2.16. The van der Waals surface area contributed by atoms with Gasteiger partial charge in [0.05, 0.1) is 30.8 Å². The maximum Gasteiger partial charge on any atom is 0.222 e. The summed E-state index contributed by atoms with van der Waals surface area (Å²) in [6, 6.07) is 6.17. The van der Waals surface area contributed by atoms with Gasteiger partial charge >= 0.3 is 0 Å². The molecule has 1 aliphatic heterocycles. The number of hydrogen-bond donors (Lipinski definition) is 3. The summed E-state index contributed by atoms with van der Waals surface area (Å²) in [4.78, 5) is 19.6. The lowest BCUT2D eigenvalue weighted by Crippen LogP contribution is -2.44. The number of morpholine rings is 1. The zero-order valence-electron chi connectivity index (χ0n) is 12.1. The summed E-state index contributed by atoms with van der Waals surface area (Å²) >= 11 is 0. The molecule has 3 N–H and O–H groups in total. The van der Waals surface area contributed by atoms with Crippen LogP contribution in [0.3, 0.4) is 0 Å². The van der Waals surface area contributed by atoms with Gasteiger partial charge in [-0.1, -0.05) is 6.07 Å². The number of hydrogen-bond acceptors (Lipinski definition) is 4. The summed E-state index contributed by atoms with van der Waals surface area (Å²) in [5.41, 5.74) is 3.11. The number of carbonyl (C=O) groups excluding carboxylic acids is 1. The van der Waals surface area contributed by atoms with Gasteiger partial charge in [-0.15, -0.1) is 0 Å². The van der Waals surface area contributed by atoms with Gasteiger partial charge in [0, 0.05) is 19.0 Å². The maximum absolute atomic E-state index is 11.9. The van der Waals surface area contributed by atoms with Gasteiger partial charge in [-0.05, 0) is 24.6 Å². The Morgan fingerprint density at radius 3 is 3.24 bits per heavy atom. The third-order valence-corrected chi connectivity index (χ3v) is 3.57. The molecule has 0 spiro atoms. The Morgan fingerprint density at radius 1 is 1.52 bits per heavy atom. The molecule has 0 bridgehead atoms. The molecular formula is C15H20N4O2. The summed E-state index contributed by atoms with van der Waals surface area (Å²) < 4.78 is 5.34.